The van der Waals surface area contributed by atoms with E-state index in [1.54, 1.807) is 17.9 Å². The molecule has 1 aliphatic heterocycles. The maximum absolute atomic E-state index is 15.5. The fourth-order valence-electron chi connectivity index (χ4n) is 6.49. The second kappa shape index (κ2) is 17.0. The zero-order valence-corrected chi connectivity index (χ0v) is 28.2. The molecule has 0 bridgehead atoms. The number of pyridine rings is 1. The highest BCUT2D eigenvalue weighted by Crippen LogP contribution is 2.37. The Kier molecular flexibility index (Phi) is 13.1. The van der Waals surface area contributed by atoms with Crippen molar-refractivity contribution in [3.8, 4) is 0 Å². The fourth-order valence-corrected chi connectivity index (χ4v) is 6.49. The number of ketones is 1. The van der Waals surface area contributed by atoms with Crippen LogP contribution in [0.4, 0.5) is 18.9 Å². The first-order valence-electron chi connectivity index (χ1n) is 17.1. The van der Waals surface area contributed by atoms with Crippen LogP contribution in [0, 0.1) is 17.7 Å². The molecule has 4 rings (SSSR count). The first-order chi connectivity index (χ1) is 22.9. The number of hydrogen-bond acceptors (Lipinski definition) is 6. The molecule has 1 aliphatic carbocycles. The minimum atomic E-state index is -3.83. The number of anilines is 1. The van der Waals surface area contributed by atoms with Crippen molar-refractivity contribution in [3.63, 3.8) is 0 Å². The zero-order chi connectivity index (χ0) is 34.8. The lowest BCUT2D eigenvalue weighted by atomic mass is 9.81. The number of carbonyl (C=O) groups excluding carboxylic acids is 4. The lowest BCUT2D eigenvalue weighted by Crippen LogP contribution is -2.54. The van der Waals surface area contributed by atoms with E-state index in [4.69, 9.17) is 0 Å². The van der Waals surface area contributed by atoms with Crippen LogP contribution in [0.2, 0.25) is 0 Å². The van der Waals surface area contributed by atoms with Gasteiger partial charge in [-0.15, -0.1) is 0 Å². The molecule has 2 aromatic rings. The number of nitrogens with zero attached hydrogens (tertiary/aromatic N) is 3. The molecule has 1 saturated carbocycles. The maximum atomic E-state index is 15.5. The van der Waals surface area contributed by atoms with Crippen molar-refractivity contribution in [1.29, 1.82) is 0 Å². The van der Waals surface area contributed by atoms with Crippen molar-refractivity contribution < 1.29 is 32.3 Å². The van der Waals surface area contributed by atoms with E-state index in [-0.39, 0.29) is 36.3 Å². The number of aromatic nitrogens is 1. The van der Waals surface area contributed by atoms with Gasteiger partial charge in [0, 0.05) is 68.8 Å². The minimum Gasteiger partial charge on any atom is -0.344 e. The second-order valence-electron chi connectivity index (χ2n) is 13.1. The van der Waals surface area contributed by atoms with Crippen LogP contribution in [0.5, 0.6) is 0 Å². The van der Waals surface area contributed by atoms with Crippen LogP contribution in [-0.2, 0) is 37.9 Å². The van der Waals surface area contributed by atoms with Gasteiger partial charge in [0.25, 0.3) is 0 Å². The number of benzene rings is 1. The highest BCUT2D eigenvalue weighted by molar-refractivity contribution is 5.97. The molecule has 12 heteroatoms. The summed E-state index contributed by atoms with van der Waals surface area (Å²) in [6.45, 7) is 5.98. The molecule has 3 amide bonds. The molecular weight excluding hydrogens is 623 g/mol. The van der Waals surface area contributed by atoms with E-state index in [1.807, 2.05) is 14.0 Å². The molecule has 2 aliphatic rings. The maximum Gasteiger partial charge on any atom is 0.331 e. The summed E-state index contributed by atoms with van der Waals surface area (Å²) in [5, 5.41) is 5.33. The Morgan fingerprint density at radius 1 is 0.979 bits per heavy atom. The highest BCUT2D eigenvalue weighted by Gasteiger charge is 2.44. The molecule has 1 aromatic carbocycles. The number of likely N-dealkylation sites (N-methyl/N-ethyl adjacent to an activating group) is 1. The summed E-state index contributed by atoms with van der Waals surface area (Å²) in [5.41, 5.74) is 0.382. The van der Waals surface area contributed by atoms with Gasteiger partial charge in [0.05, 0.1) is 5.69 Å². The van der Waals surface area contributed by atoms with Gasteiger partial charge in [0.2, 0.25) is 23.5 Å². The van der Waals surface area contributed by atoms with Crippen LogP contribution in [0.3, 0.4) is 0 Å². The standard InChI is InChI=1S/C36H48F3N5O4/c1-4-27-14-13-26(23-40-27)36(38,39)32(45)22-28(25-10-8-6-7-9-11-25)34(47)42-30-15-12-24(20-29(30)37)21-31(41-33(46)5-2)35(48)44-18-16-43(3)17-19-44/h12-15,20,23,25,28,31H,4-11,16-19,21-22H2,1-3H3,(H,41,46)(H,42,47)/t28-,31+/m0/s1. The molecule has 48 heavy (non-hydrogen) atoms. The molecule has 1 aromatic heterocycles. The molecule has 262 valence electrons. The van der Waals surface area contributed by atoms with Crippen molar-refractivity contribution in [3.05, 3.63) is 59.2 Å². The first-order valence-corrected chi connectivity index (χ1v) is 17.1. The van der Waals surface area contributed by atoms with Crippen LogP contribution in [-0.4, -0.2) is 77.6 Å². The Labute approximate surface area is 281 Å². The van der Waals surface area contributed by atoms with Gasteiger partial charge >= 0.3 is 5.92 Å². The molecular formula is C36H48F3N5O4. The molecule has 0 unspecified atom stereocenters. The smallest absolute Gasteiger partial charge is 0.331 e. The number of halogens is 3. The summed E-state index contributed by atoms with van der Waals surface area (Å²) < 4.78 is 46.2. The number of nitrogens with one attached hydrogen (secondary N) is 2. The average molecular weight is 672 g/mol. The van der Waals surface area contributed by atoms with Gasteiger partial charge in [-0.3, -0.25) is 24.2 Å². The number of amides is 3. The molecule has 2 atom stereocenters. The fraction of sp³-hybridized carbons (Fsp3) is 0.583. The van der Waals surface area contributed by atoms with E-state index in [0.717, 1.165) is 31.9 Å². The van der Waals surface area contributed by atoms with Crippen LogP contribution in [0.1, 0.15) is 82.0 Å². The summed E-state index contributed by atoms with van der Waals surface area (Å²) in [4.78, 5) is 60.2. The third-order valence-corrected chi connectivity index (χ3v) is 9.61. The first kappa shape index (κ1) is 37.0. The molecule has 2 fully saturated rings. The van der Waals surface area contributed by atoms with Gasteiger partial charge in [-0.05, 0) is 62.1 Å². The molecule has 2 N–H and O–H groups in total. The second-order valence-corrected chi connectivity index (χ2v) is 13.1. The molecule has 1 saturated heterocycles. The number of piperazine rings is 1. The molecule has 0 radical (unpaired) electrons. The largest absolute Gasteiger partial charge is 0.344 e. The van der Waals surface area contributed by atoms with Crippen molar-refractivity contribution in [2.75, 3.05) is 38.5 Å². The van der Waals surface area contributed by atoms with Gasteiger partial charge < -0.3 is 20.4 Å². The number of hydrogen-bond donors (Lipinski definition) is 2. The lowest BCUT2D eigenvalue weighted by Gasteiger charge is -2.34. The van der Waals surface area contributed by atoms with Gasteiger partial charge in [-0.2, -0.15) is 8.78 Å². The predicted octanol–water partition coefficient (Wildman–Crippen LogP) is 5.27. The summed E-state index contributed by atoms with van der Waals surface area (Å²) in [6, 6.07) is 5.89. The van der Waals surface area contributed by atoms with Gasteiger partial charge in [0.15, 0.2) is 0 Å². The Hall–Kier alpha value is -3.80. The van der Waals surface area contributed by atoms with E-state index in [2.05, 4.69) is 20.5 Å². The molecule has 2 heterocycles. The van der Waals surface area contributed by atoms with E-state index in [9.17, 15) is 19.2 Å². The van der Waals surface area contributed by atoms with Crippen LogP contribution in [0.15, 0.2) is 36.5 Å². The van der Waals surface area contributed by atoms with Crippen LogP contribution < -0.4 is 10.6 Å². The third-order valence-electron chi connectivity index (χ3n) is 9.61. The van der Waals surface area contributed by atoms with Crippen LogP contribution in [0.25, 0.3) is 0 Å². The average Bonchev–Trinajstić information content (AvgIpc) is 3.37. The monoisotopic (exact) mass is 671 g/mol. The van der Waals surface area contributed by atoms with Crippen molar-refractivity contribution >= 4 is 29.2 Å². The van der Waals surface area contributed by atoms with Crippen LogP contribution >= 0.6 is 0 Å². The quantitative estimate of drug-likeness (QED) is 0.281. The molecule has 9 nitrogen and oxygen atoms in total. The number of carbonyl (C=O) groups is 4. The van der Waals surface area contributed by atoms with Crippen molar-refractivity contribution in [2.45, 2.75) is 90.0 Å². The van der Waals surface area contributed by atoms with Gasteiger partial charge in [-0.25, -0.2) is 4.39 Å². The minimum absolute atomic E-state index is 0.0461. The topological polar surface area (TPSA) is 112 Å². The summed E-state index contributed by atoms with van der Waals surface area (Å²) in [5.74, 6) is -8.59. The normalized spacial score (nSPS) is 17.7. The number of rotatable bonds is 13. The van der Waals surface area contributed by atoms with E-state index in [1.165, 1.54) is 24.3 Å². The van der Waals surface area contributed by atoms with E-state index >= 15 is 13.2 Å². The number of aryl methyl sites for hydroxylation is 1. The van der Waals surface area contributed by atoms with E-state index < -0.39 is 47.4 Å². The summed E-state index contributed by atoms with van der Waals surface area (Å²) in [6.07, 6.45) is 5.86. The van der Waals surface area contributed by atoms with Crippen molar-refractivity contribution in [2.24, 2.45) is 11.8 Å². The van der Waals surface area contributed by atoms with Gasteiger partial charge in [0.1, 0.15) is 11.9 Å². The highest BCUT2D eigenvalue weighted by atomic mass is 19.3. The van der Waals surface area contributed by atoms with E-state index in [0.29, 0.717) is 56.7 Å². The Balaban J connectivity index is 1.50. The zero-order valence-electron chi connectivity index (χ0n) is 28.2. The Morgan fingerprint density at radius 3 is 2.25 bits per heavy atom. The number of Topliss-reactive ketones (excluding diaryl/α,β-unsaturated/α-hetero) is 1. The number of alkyl halides is 2. The summed E-state index contributed by atoms with van der Waals surface area (Å²) >= 11 is 0. The Morgan fingerprint density at radius 2 is 1.67 bits per heavy atom. The molecule has 0 spiro atoms. The summed E-state index contributed by atoms with van der Waals surface area (Å²) in [7, 11) is 1.97. The van der Waals surface area contributed by atoms with Gasteiger partial charge in [-0.1, -0.05) is 45.6 Å². The van der Waals surface area contributed by atoms with Crippen molar-refractivity contribution in [1.82, 2.24) is 20.1 Å². The Bertz CT molecular complexity index is 1420. The SMILES string of the molecule is CCC(=O)N[C@H](Cc1ccc(NC(=O)[C@@H](CC(=O)C(F)(F)c2ccc(CC)nc2)C2CCCCCC2)c(F)c1)C(=O)N1CCN(C)CC1. The third kappa shape index (κ3) is 9.64. The predicted molar refractivity (Wildman–Crippen MR) is 177 cm³/mol. The lowest BCUT2D eigenvalue weighted by molar-refractivity contribution is -0.147.